The number of fused-ring (bicyclic) bond motifs is 1. The van der Waals surface area contributed by atoms with Gasteiger partial charge in [-0.05, 0) is 45.0 Å². The highest BCUT2D eigenvalue weighted by molar-refractivity contribution is 7.17. The Morgan fingerprint density at radius 1 is 1.29 bits per heavy atom. The summed E-state index contributed by atoms with van der Waals surface area (Å²) in [6, 6.07) is 6.06. The molecule has 0 saturated carbocycles. The number of aromatic nitrogens is 2. The number of benzene rings is 1. The number of hydrogen-bond donors (Lipinski definition) is 1. The minimum atomic E-state index is 0.613. The number of thiazole rings is 1. The molecule has 0 fully saturated rings. The van der Waals surface area contributed by atoms with E-state index in [9.17, 15) is 0 Å². The smallest absolute Gasteiger partial charge is 0.194 e. The van der Waals surface area contributed by atoms with Crippen LogP contribution < -0.4 is 5.73 Å². The summed E-state index contributed by atoms with van der Waals surface area (Å²) >= 11 is 7.86. The van der Waals surface area contributed by atoms with Gasteiger partial charge < -0.3 is 5.73 Å². The van der Waals surface area contributed by atoms with Gasteiger partial charge in [0.1, 0.15) is 0 Å². The van der Waals surface area contributed by atoms with Gasteiger partial charge in [-0.25, -0.2) is 4.98 Å². The van der Waals surface area contributed by atoms with E-state index in [1.165, 1.54) is 16.3 Å². The zero-order valence-electron chi connectivity index (χ0n) is 12.4. The lowest BCUT2D eigenvalue weighted by Gasteiger charge is -2.06. The first kappa shape index (κ1) is 14.6. The Morgan fingerprint density at radius 3 is 2.71 bits per heavy atom. The highest BCUT2D eigenvalue weighted by atomic mass is 35.5. The summed E-state index contributed by atoms with van der Waals surface area (Å²) in [7, 11) is 0. The van der Waals surface area contributed by atoms with Gasteiger partial charge in [0, 0.05) is 27.6 Å². The van der Waals surface area contributed by atoms with Crippen molar-refractivity contribution in [2.24, 2.45) is 5.73 Å². The normalized spacial score (nSPS) is 11.5. The van der Waals surface area contributed by atoms with Gasteiger partial charge in [-0.3, -0.25) is 4.40 Å². The number of nitrogens with two attached hydrogens (primary N) is 1. The Morgan fingerprint density at radius 2 is 2.05 bits per heavy atom. The lowest BCUT2D eigenvalue weighted by atomic mass is 10.1. The Bertz CT molecular complexity index is 817. The van der Waals surface area contributed by atoms with Gasteiger partial charge in [0.2, 0.25) is 0 Å². The topological polar surface area (TPSA) is 43.3 Å². The van der Waals surface area contributed by atoms with E-state index in [0.29, 0.717) is 6.54 Å². The molecule has 110 valence electrons. The predicted octanol–water partition coefficient (Wildman–Crippen LogP) is 4.14. The lowest BCUT2D eigenvalue weighted by molar-refractivity contribution is 0.895. The standard InChI is InChI=1S/C16H18ClN3S/c1-9-8-12(4-5-13(9)17)15-14(6-7-18)20-10(2)11(3)21-16(20)19-15/h4-5,8H,6-7,18H2,1-3H3. The number of rotatable bonds is 3. The third-order valence-corrected chi connectivity index (χ3v) is 5.33. The molecule has 0 aliphatic heterocycles. The van der Waals surface area contributed by atoms with E-state index in [4.69, 9.17) is 22.3 Å². The number of halogens is 1. The first-order valence-corrected chi connectivity index (χ1v) is 8.16. The van der Waals surface area contributed by atoms with Crippen LogP contribution in [0, 0.1) is 20.8 Å². The summed E-state index contributed by atoms with van der Waals surface area (Å²) in [5.74, 6) is 0. The Balaban J connectivity index is 2.26. The van der Waals surface area contributed by atoms with E-state index in [0.717, 1.165) is 33.2 Å². The van der Waals surface area contributed by atoms with Crippen molar-refractivity contribution in [1.29, 1.82) is 0 Å². The number of hydrogen-bond acceptors (Lipinski definition) is 3. The zero-order chi connectivity index (χ0) is 15.1. The van der Waals surface area contributed by atoms with Gasteiger partial charge in [-0.1, -0.05) is 17.7 Å². The van der Waals surface area contributed by atoms with Crippen molar-refractivity contribution in [2.45, 2.75) is 27.2 Å². The fraction of sp³-hybridized carbons (Fsp3) is 0.312. The number of imidazole rings is 1. The SMILES string of the molecule is Cc1cc(-c2nc3sc(C)c(C)n3c2CCN)ccc1Cl. The van der Waals surface area contributed by atoms with Crippen LogP contribution in [0.15, 0.2) is 18.2 Å². The molecule has 0 aliphatic rings. The van der Waals surface area contributed by atoms with Crippen LogP contribution in [0.1, 0.15) is 21.8 Å². The Kier molecular flexibility index (Phi) is 3.78. The fourth-order valence-corrected chi connectivity index (χ4v) is 3.71. The molecule has 0 aliphatic carbocycles. The minimum absolute atomic E-state index is 0.613. The van der Waals surface area contributed by atoms with E-state index in [1.807, 2.05) is 19.1 Å². The fourth-order valence-electron chi connectivity index (χ4n) is 2.60. The van der Waals surface area contributed by atoms with E-state index in [1.54, 1.807) is 11.3 Å². The molecule has 0 radical (unpaired) electrons. The second-order valence-electron chi connectivity index (χ2n) is 5.27. The monoisotopic (exact) mass is 319 g/mol. The van der Waals surface area contributed by atoms with Crippen molar-refractivity contribution in [2.75, 3.05) is 6.54 Å². The molecular formula is C16H18ClN3S. The van der Waals surface area contributed by atoms with Crippen LogP contribution in [0.3, 0.4) is 0 Å². The molecule has 0 spiro atoms. The zero-order valence-corrected chi connectivity index (χ0v) is 14.0. The van der Waals surface area contributed by atoms with E-state index >= 15 is 0 Å². The van der Waals surface area contributed by atoms with Gasteiger partial charge in [0.05, 0.1) is 11.4 Å². The molecule has 21 heavy (non-hydrogen) atoms. The third kappa shape index (κ3) is 2.37. The molecule has 0 unspecified atom stereocenters. The van der Waals surface area contributed by atoms with Gasteiger partial charge >= 0.3 is 0 Å². The van der Waals surface area contributed by atoms with Crippen molar-refractivity contribution >= 4 is 27.9 Å². The molecule has 0 bridgehead atoms. The second-order valence-corrected chi connectivity index (χ2v) is 6.86. The first-order valence-electron chi connectivity index (χ1n) is 6.97. The highest BCUT2D eigenvalue weighted by Crippen LogP contribution is 2.32. The van der Waals surface area contributed by atoms with Crippen LogP contribution in [0.2, 0.25) is 5.02 Å². The van der Waals surface area contributed by atoms with Gasteiger partial charge in [-0.2, -0.15) is 0 Å². The molecule has 3 nitrogen and oxygen atoms in total. The van der Waals surface area contributed by atoms with E-state index in [2.05, 4.69) is 24.3 Å². The number of aryl methyl sites for hydroxylation is 3. The molecule has 2 N–H and O–H groups in total. The van der Waals surface area contributed by atoms with Crippen molar-refractivity contribution in [3.8, 4) is 11.3 Å². The molecule has 0 atom stereocenters. The summed E-state index contributed by atoms with van der Waals surface area (Å²) in [5, 5.41) is 0.784. The summed E-state index contributed by atoms with van der Waals surface area (Å²) in [6.07, 6.45) is 0.815. The highest BCUT2D eigenvalue weighted by Gasteiger charge is 2.18. The largest absolute Gasteiger partial charge is 0.330 e. The maximum Gasteiger partial charge on any atom is 0.194 e. The van der Waals surface area contributed by atoms with Gasteiger partial charge in [0.15, 0.2) is 4.96 Å². The van der Waals surface area contributed by atoms with Crippen LogP contribution in [0.25, 0.3) is 16.2 Å². The van der Waals surface area contributed by atoms with Crippen LogP contribution in [-0.4, -0.2) is 15.9 Å². The van der Waals surface area contributed by atoms with Crippen molar-refractivity contribution in [3.05, 3.63) is 45.1 Å². The Hall–Kier alpha value is -1.36. The molecule has 2 heterocycles. The molecule has 3 rings (SSSR count). The molecular weight excluding hydrogens is 302 g/mol. The molecule has 3 aromatic rings. The quantitative estimate of drug-likeness (QED) is 0.788. The van der Waals surface area contributed by atoms with Gasteiger partial charge in [0.25, 0.3) is 0 Å². The van der Waals surface area contributed by atoms with Crippen molar-refractivity contribution < 1.29 is 0 Å². The minimum Gasteiger partial charge on any atom is -0.330 e. The average Bonchev–Trinajstić information content (AvgIpc) is 2.92. The maximum absolute atomic E-state index is 6.13. The maximum atomic E-state index is 6.13. The summed E-state index contributed by atoms with van der Waals surface area (Å²) < 4.78 is 2.24. The van der Waals surface area contributed by atoms with Crippen LogP contribution in [0.4, 0.5) is 0 Å². The molecule has 1 aromatic carbocycles. The Labute approximate surface area is 133 Å². The van der Waals surface area contributed by atoms with E-state index in [-0.39, 0.29) is 0 Å². The molecule has 0 amide bonds. The van der Waals surface area contributed by atoms with Crippen molar-refractivity contribution in [3.63, 3.8) is 0 Å². The third-order valence-electron chi connectivity index (χ3n) is 3.84. The lowest BCUT2D eigenvalue weighted by Crippen LogP contribution is -2.07. The van der Waals surface area contributed by atoms with E-state index < -0.39 is 0 Å². The molecule has 5 heteroatoms. The van der Waals surface area contributed by atoms with Crippen LogP contribution in [-0.2, 0) is 6.42 Å². The number of nitrogens with zero attached hydrogens (tertiary/aromatic N) is 2. The first-order chi connectivity index (χ1) is 10.0. The van der Waals surface area contributed by atoms with Crippen molar-refractivity contribution in [1.82, 2.24) is 9.38 Å². The average molecular weight is 320 g/mol. The van der Waals surface area contributed by atoms with Crippen LogP contribution >= 0.6 is 22.9 Å². The van der Waals surface area contributed by atoms with Gasteiger partial charge in [-0.15, -0.1) is 11.3 Å². The summed E-state index contributed by atoms with van der Waals surface area (Å²) in [4.78, 5) is 7.18. The molecule has 2 aromatic heterocycles. The molecule has 0 saturated heterocycles. The summed E-state index contributed by atoms with van der Waals surface area (Å²) in [5.41, 5.74) is 11.4. The second kappa shape index (κ2) is 5.44. The van der Waals surface area contributed by atoms with Crippen LogP contribution in [0.5, 0.6) is 0 Å². The summed E-state index contributed by atoms with van der Waals surface area (Å²) in [6.45, 7) is 6.90. The predicted molar refractivity (Wildman–Crippen MR) is 90.5 cm³/mol.